The van der Waals surface area contributed by atoms with Gasteiger partial charge in [-0.3, -0.25) is 9.59 Å². The maximum atomic E-state index is 12.5. The summed E-state index contributed by atoms with van der Waals surface area (Å²) in [5.74, 6) is 0.650. The smallest absolute Gasteiger partial charge is 0.269 e. The Kier molecular flexibility index (Phi) is 5.39. The third-order valence-electron chi connectivity index (χ3n) is 4.98. The van der Waals surface area contributed by atoms with Crippen LogP contribution in [-0.2, 0) is 4.79 Å². The number of fused-ring (bicyclic) bond motifs is 1. The molecule has 0 bridgehead atoms. The monoisotopic (exact) mass is 402 g/mol. The first-order chi connectivity index (χ1) is 14.5. The van der Waals surface area contributed by atoms with Gasteiger partial charge in [0.05, 0.1) is 0 Å². The molecule has 152 valence electrons. The van der Waals surface area contributed by atoms with Gasteiger partial charge in [-0.15, -0.1) is 0 Å². The van der Waals surface area contributed by atoms with Crippen molar-refractivity contribution in [1.29, 1.82) is 0 Å². The van der Waals surface area contributed by atoms with Gasteiger partial charge in [0.1, 0.15) is 6.61 Å². The van der Waals surface area contributed by atoms with E-state index in [9.17, 15) is 9.59 Å². The molecule has 0 saturated carbocycles. The van der Waals surface area contributed by atoms with E-state index in [0.717, 1.165) is 11.3 Å². The Hall–Kier alpha value is -3.80. The summed E-state index contributed by atoms with van der Waals surface area (Å²) in [7, 11) is 0. The normalized spacial score (nSPS) is 14.7. The Balaban J connectivity index is 1.37. The van der Waals surface area contributed by atoms with Crippen molar-refractivity contribution in [3.8, 4) is 11.5 Å². The number of carbonyl (C=O) groups excluding carboxylic acids is 2. The number of rotatable bonds is 4. The summed E-state index contributed by atoms with van der Waals surface area (Å²) in [5.41, 5.74) is 4.10. The summed E-state index contributed by atoms with van der Waals surface area (Å²) < 4.78 is 11.3. The van der Waals surface area contributed by atoms with Crippen molar-refractivity contribution in [3.63, 3.8) is 0 Å². The molecule has 1 heterocycles. The number of carbonyl (C=O) groups is 2. The van der Waals surface area contributed by atoms with E-state index in [2.05, 4.69) is 10.6 Å². The van der Waals surface area contributed by atoms with Crippen molar-refractivity contribution in [2.45, 2.75) is 20.0 Å². The largest absolute Gasteiger partial charge is 0.485 e. The fourth-order valence-electron chi connectivity index (χ4n) is 3.10. The van der Waals surface area contributed by atoms with Crippen LogP contribution < -0.4 is 20.1 Å². The zero-order valence-corrected chi connectivity index (χ0v) is 16.8. The van der Waals surface area contributed by atoms with Gasteiger partial charge in [0.25, 0.3) is 11.8 Å². The molecule has 3 aromatic rings. The summed E-state index contributed by atoms with van der Waals surface area (Å²) in [6.07, 6.45) is -0.743. The number of hydrogen-bond donors (Lipinski definition) is 2. The Labute approximate surface area is 174 Å². The number of aryl methyl sites for hydroxylation is 2. The van der Waals surface area contributed by atoms with E-state index >= 15 is 0 Å². The van der Waals surface area contributed by atoms with E-state index < -0.39 is 6.10 Å². The Bertz CT molecular complexity index is 1090. The molecule has 0 aliphatic carbocycles. The zero-order chi connectivity index (χ0) is 21.1. The van der Waals surface area contributed by atoms with E-state index in [-0.39, 0.29) is 18.4 Å². The number of hydrogen-bond acceptors (Lipinski definition) is 4. The Morgan fingerprint density at radius 3 is 2.27 bits per heavy atom. The number of amides is 2. The second-order valence-corrected chi connectivity index (χ2v) is 7.18. The first kappa shape index (κ1) is 19.5. The van der Waals surface area contributed by atoms with Gasteiger partial charge >= 0.3 is 0 Å². The molecule has 2 N–H and O–H groups in total. The van der Waals surface area contributed by atoms with Crippen LogP contribution in [0.5, 0.6) is 11.5 Å². The maximum absolute atomic E-state index is 12.5. The highest BCUT2D eigenvalue weighted by Crippen LogP contribution is 2.31. The van der Waals surface area contributed by atoms with Crippen molar-refractivity contribution in [3.05, 3.63) is 83.4 Å². The quantitative estimate of drug-likeness (QED) is 0.681. The third kappa shape index (κ3) is 4.27. The first-order valence-corrected chi connectivity index (χ1v) is 9.67. The average molecular weight is 402 g/mol. The average Bonchev–Trinajstić information content (AvgIpc) is 2.76. The van der Waals surface area contributed by atoms with Crippen LogP contribution >= 0.6 is 0 Å². The molecule has 4 rings (SSSR count). The van der Waals surface area contributed by atoms with E-state index in [4.69, 9.17) is 9.47 Å². The highest BCUT2D eigenvalue weighted by molar-refractivity contribution is 6.04. The van der Waals surface area contributed by atoms with Crippen LogP contribution in [-0.4, -0.2) is 24.5 Å². The van der Waals surface area contributed by atoms with Crippen LogP contribution in [0.3, 0.4) is 0 Å². The molecular weight excluding hydrogens is 380 g/mol. The minimum absolute atomic E-state index is 0.138. The molecular formula is C24H22N2O4. The number of benzene rings is 3. The molecule has 0 saturated heterocycles. The fraction of sp³-hybridized carbons (Fsp3) is 0.167. The van der Waals surface area contributed by atoms with E-state index in [1.54, 1.807) is 36.4 Å². The zero-order valence-electron chi connectivity index (χ0n) is 16.8. The molecule has 3 aromatic carbocycles. The fourth-order valence-corrected chi connectivity index (χ4v) is 3.10. The van der Waals surface area contributed by atoms with Gasteiger partial charge < -0.3 is 20.1 Å². The molecule has 0 fully saturated rings. The molecule has 0 spiro atoms. The van der Waals surface area contributed by atoms with Gasteiger partial charge in [-0.05, 0) is 73.5 Å². The molecule has 6 heteroatoms. The van der Waals surface area contributed by atoms with Gasteiger partial charge in [0.2, 0.25) is 6.10 Å². The van der Waals surface area contributed by atoms with Crippen LogP contribution in [0.15, 0.2) is 66.7 Å². The highest BCUT2D eigenvalue weighted by atomic mass is 16.6. The van der Waals surface area contributed by atoms with Crippen LogP contribution in [0, 0.1) is 13.8 Å². The van der Waals surface area contributed by atoms with E-state index in [0.29, 0.717) is 22.7 Å². The number of nitrogens with one attached hydrogen (secondary N) is 2. The lowest BCUT2D eigenvalue weighted by atomic mass is 10.1. The Morgan fingerprint density at radius 1 is 0.833 bits per heavy atom. The van der Waals surface area contributed by atoms with Gasteiger partial charge in [-0.2, -0.15) is 0 Å². The molecule has 1 aliphatic heterocycles. The van der Waals surface area contributed by atoms with Crippen molar-refractivity contribution in [1.82, 2.24) is 0 Å². The molecule has 0 radical (unpaired) electrons. The molecule has 1 aliphatic rings. The Morgan fingerprint density at radius 2 is 1.53 bits per heavy atom. The first-order valence-electron chi connectivity index (χ1n) is 9.67. The standard InChI is InChI=1S/C24H22N2O4/c1-15-7-10-19(13-16(15)2)26-23(27)17-8-11-18(12-9-17)25-24(28)22-14-29-20-5-3-4-6-21(20)30-22/h3-13,22H,14H2,1-2H3,(H,25,28)(H,26,27)/t22-/m0/s1. The predicted octanol–water partition coefficient (Wildman–Crippen LogP) is 4.33. The van der Waals surface area contributed by atoms with E-state index in [1.807, 2.05) is 44.2 Å². The molecule has 2 amide bonds. The SMILES string of the molecule is Cc1ccc(NC(=O)c2ccc(NC(=O)[C@@H]3COc4ccccc4O3)cc2)cc1C. The predicted molar refractivity (Wildman–Crippen MR) is 115 cm³/mol. The second kappa shape index (κ2) is 8.29. The summed E-state index contributed by atoms with van der Waals surface area (Å²) >= 11 is 0. The summed E-state index contributed by atoms with van der Waals surface area (Å²) in [4.78, 5) is 25.0. The van der Waals surface area contributed by atoms with Crippen molar-refractivity contribution < 1.29 is 19.1 Å². The van der Waals surface area contributed by atoms with Crippen molar-refractivity contribution in [2.75, 3.05) is 17.2 Å². The van der Waals surface area contributed by atoms with Gasteiger partial charge in [-0.1, -0.05) is 18.2 Å². The highest BCUT2D eigenvalue weighted by Gasteiger charge is 2.27. The molecule has 1 atom stereocenters. The second-order valence-electron chi connectivity index (χ2n) is 7.18. The molecule has 0 aromatic heterocycles. The van der Waals surface area contributed by atoms with Crippen LogP contribution in [0.4, 0.5) is 11.4 Å². The number of ether oxygens (including phenoxy) is 2. The minimum Gasteiger partial charge on any atom is -0.485 e. The molecule has 0 unspecified atom stereocenters. The maximum Gasteiger partial charge on any atom is 0.269 e. The molecule has 30 heavy (non-hydrogen) atoms. The third-order valence-corrected chi connectivity index (χ3v) is 4.98. The lowest BCUT2D eigenvalue weighted by molar-refractivity contribution is -0.125. The lowest BCUT2D eigenvalue weighted by Crippen LogP contribution is -2.40. The van der Waals surface area contributed by atoms with Crippen LogP contribution in [0.2, 0.25) is 0 Å². The van der Waals surface area contributed by atoms with Crippen molar-refractivity contribution >= 4 is 23.2 Å². The van der Waals surface area contributed by atoms with Crippen molar-refractivity contribution in [2.24, 2.45) is 0 Å². The molecule has 6 nitrogen and oxygen atoms in total. The lowest BCUT2D eigenvalue weighted by Gasteiger charge is -2.25. The number of para-hydroxylation sites is 2. The van der Waals surface area contributed by atoms with Gasteiger partial charge in [0.15, 0.2) is 11.5 Å². The van der Waals surface area contributed by atoms with Crippen LogP contribution in [0.1, 0.15) is 21.5 Å². The van der Waals surface area contributed by atoms with Gasteiger partial charge in [-0.25, -0.2) is 0 Å². The summed E-state index contributed by atoms with van der Waals surface area (Å²) in [6.45, 7) is 4.17. The van der Waals surface area contributed by atoms with Crippen LogP contribution in [0.25, 0.3) is 0 Å². The van der Waals surface area contributed by atoms with Gasteiger partial charge in [0, 0.05) is 16.9 Å². The van der Waals surface area contributed by atoms with E-state index in [1.165, 1.54) is 5.56 Å². The minimum atomic E-state index is -0.743. The topological polar surface area (TPSA) is 76.7 Å². The summed E-state index contributed by atoms with van der Waals surface area (Å²) in [6, 6.07) is 19.7. The number of anilines is 2. The summed E-state index contributed by atoms with van der Waals surface area (Å²) in [5, 5.41) is 5.68.